The van der Waals surface area contributed by atoms with E-state index < -0.39 is 12.0 Å². The van der Waals surface area contributed by atoms with Gasteiger partial charge in [-0.1, -0.05) is 17.7 Å². The van der Waals surface area contributed by atoms with Crippen molar-refractivity contribution in [3.8, 4) is 5.75 Å². The van der Waals surface area contributed by atoms with Gasteiger partial charge in [-0.2, -0.15) is 0 Å². The molecule has 1 N–H and O–H groups in total. The zero-order chi connectivity index (χ0) is 15.4. The zero-order valence-corrected chi connectivity index (χ0v) is 13.1. The number of benzene rings is 1. The molecule has 1 aliphatic heterocycles. The molecule has 1 atom stereocenters. The van der Waals surface area contributed by atoms with E-state index >= 15 is 0 Å². The molecule has 1 heterocycles. The maximum atomic E-state index is 11.6. The Labute approximate surface area is 130 Å². The zero-order valence-electron chi connectivity index (χ0n) is 12.4. The Hall–Kier alpha value is -1.30. The molecule has 21 heavy (non-hydrogen) atoms. The minimum absolute atomic E-state index is 0.447. The van der Waals surface area contributed by atoms with Crippen LogP contribution in [0.4, 0.5) is 0 Å². The lowest BCUT2D eigenvalue weighted by Gasteiger charge is -2.36. The highest BCUT2D eigenvalue weighted by atomic mass is 35.5. The Kier molecular flexibility index (Phi) is 5.45. The smallest absolute Gasteiger partial charge is 0.321 e. The standard InChI is InChI=1S/C15H21ClN2O3/c1-17-5-7-18(8-6-17)13(15(19)20)10-11-3-4-14(21-2)12(16)9-11/h3-4,9,13H,5-8,10H2,1-2H3,(H,19,20)/t13-/m0/s1. The predicted molar refractivity (Wildman–Crippen MR) is 82.2 cm³/mol. The summed E-state index contributed by atoms with van der Waals surface area (Å²) in [5.74, 6) is -0.182. The average molecular weight is 313 g/mol. The van der Waals surface area contributed by atoms with Crippen LogP contribution in [-0.2, 0) is 11.2 Å². The molecular weight excluding hydrogens is 292 g/mol. The van der Waals surface area contributed by atoms with E-state index in [9.17, 15) is 9.90 Å². The largest absolute Gasteiger partial charge is 0.495 e. The first-order chi connectivity index (χ1) is 10.0. The van der Waals surface area contributed by atoms with Crippen molar-refractivity contribution in [3.63, 3.8) is 0 Å². The number of carbonyl (C=O) groups is 1. The van der Waals surface area contributed by atoms with E-state index in [0.717, 1.165) is 31.7 Å². The molecule has 0 aromatic heterocycles. The topological polar surface area (TPSA) is 53.0 Å². The lowest BCUT2D eigenvalue weighted by Crippen LogP contribution is -2.52. The predicted octanol–water partition coefficient (Wildman–Crippen LogP) is 1.59. The summed E-state index contributed by atoms with van der Waals surface area (Å²) in [6, 6.07) is 4.92. The molecule has 1 aliphatic rings. The van der Waals surface area contributed by atoms with Gasteiger partial charge < -0.3 is 14.7 Å². The molecule has 6 heteroatoms. The molecule has 1 fully saturated rings. The average Bonchev–Trinajstić information content (AvgIpc) is 2.46. The summed E-state index contributed by atoms with van der Waals surface area (Å²) < 4.78 is 5.12. The highest BCUT2D eigenvalue weighted by Gasteiger charge is 2.28. The summed E-state index contributed by atoms with van der Waals surface area (Å²) in [4.78, 5) is 15.8. The number of rotatable bonds is 5. The molecule has 0 spiro atoms. The van der Waals surface area contributed by atoms with Gasteiger partial charge in [-0.15, -0.1) is 0 Å². The SMILES string of the molecule is COc1ccc(C[C@@H](C(=O)O)N2CCN(C)CC2)cc1Cl. The summed E-state index contributed by atoms with van der Waals surface area (Å²) in [5.41, 5.74) is 0.909. The van der Waals surface area contributed by atoms with Crippen molar-refractivity contribution in [1.82, 2.24) is 9.80 Å². The molecule has 0 unspecified atom stereocenters. The van der Waals surface area contributed by atoms with Crippen molar-refractivity contribution in [2.24, 2.45) is 0 Å². The van der Waals surface area contributed by atoms with Gasteiger partial charge in [0.25, 0.3) is 0 Å². The summed E-state index contributed by atoms with van der Waals surface area (Å²) in [6.45, 7) is 3.34. The molecule has 0 radical (unpaired) electrons. The number of carboxylic acids is 1. The van der Waals surface area contributed by atoms with Crippen molar-refractivity contribution in [2.75, 3.05) is 40.3 Å². The van der Waals surface area contributed by atoms with E-state index in [0.29, 0.717) is 17.2 Å². The molecule has 0 aliphatic carbocycles. The van der Waals surface area contributed by atoms with Gasteiger partial charge in [-0.3, -0.25) is 9.69 Å². The van der Waals surface area contributed by atoms with Crippen molar-refractivity contribution in [3.05, 3.63) is 28.8 Å². The third kappa shape index (κ3) is 4.09. The third-order valence-corrected chi connectivity index (χ3v) is 4.20. The van der Waals surface area contributed by atoms with Crippen LogP contribution >= 0.6 is 11.6 Å². The molecule has 2 rings (SSSR count). The fourth-order valence-electron chi connectivity index (χ4n) is 2.57. The van der Waals surface area contributed by atoms with Gasteiger partial charge in [0.05, 0.1) is 12.1 Å². The Morgan fingerprint density at radius 2 is 2.05 bits per heavy atom. The van der Waals surface area contributed by atoms with E-state index in [1.54, 1.807) is 19.2 Å². The van der Waals surface area contributed by atoms with Crippen molar-refractivity contribution in [2.45, 2.75) is 12.5 Å². The fourth-order valence-corrected chi connectivity index (χ4v) is 2.85. The lowest BCUT2D eigenvalue weighted by atomic mass is 10.0. The van der Waals surface area contributed by atoms with Crippen LogP contribution in [0.2, 0.25) is 5.02 Å². The van der Waals surface area contributed by atoms with Gasteiger partial charge in [-0.25, -0.2) is 0 Å². The first-order valence-corrected chi connectivity index (χ1v) is 7.37. The number of likely N-dealkylation sites (N-methyl/N-ethyl adjacent to an activating group) is 1. The first-order valence-electron chi connectivity index (χ1n) is 6.99. The third-order valence-electron chi connectivity index (χ3n) is 3.91. The van der Waals surface area contributed by atoms with Crippen LogP contribution in [0.3, 0.4) is 0 Å². The van der Waals surface area contributed by atoms with Crippen LogP contribution in [0.5, 0.6) is 5.75 Å². The number of carboxylic acid groups (broad SMARTS) is 1. The number of piperazine rings is 1. The number of hydrogen-bond donors (Lipinski definition) is 1. The summed E-state index contributed by atoms with van der Waals surface area (Å²) in [7, 11) is 3.61. The van der Waals surface area contributed by atoms with E-state index in [1.807, 2.05) is 11.0 Å². The molecular formula is C15H21ClN2O3. The molecule has 1 saturated heterocycles. The second-order valence-electron chi connectivity index (χ2n) is 5.37. The lowest BCUT2D eigenvalue weighted by molar-refractivity contribution is -0.144. The summed E-state index contributed by atoms with van der Waals surface area (Å²) >= 11 is 6.10. The second-order valence-corrected chi connectivity index (χ2v) is 5.77. The first kappa shape index (κ1) is 16.1. The van der Waals surface area contributed by atoms with Gasteiger partial charge >= 0.3 is 5.97 Å². The molecule has 5 nitrogen and oxygen atoms in total. The van der Waals surface area contributed by atoms with Crippen molar-refractivity contribution < 1.29 is 14.6 Å². The van der Waals surface area contributed by atoms with Crippen LogP contribution in [0, 0.1) is 0 Å². The van der Waals surface area contributed by atoms with Gasteiger partial charge in [0, 0.05) is 26.2 Å². The Balaban J connectivity index is 2.09. The number of ether oxygens (including phenoxy) is 1. The molecule has 0 saturated carbocycles. The Morgan fingerprint density at radius 3 is 2.57 bits per heavy atom. The molecule has 1 aromatic carbocycles. The van der Waals surface area contributed by atoms with Crippen LogP contribution in [0.25, 0.3) is 0 Å². The Bertz CT molecular complexity index is 502. The number of hydrogen-bond acceptors (Lipinski definition) is 4. The minimum atomic E-state index is -0.786. The molecule has 0 amide bonds. The van der Waals surface area contributed by atoms with Gasteiger partial charge in [0.1, 0.15) is 11.8 Å². The quantitative estimate of drug-likeness (QED) is 0.895. The number of methoxy groups -OCH3 is 1. The number of nitrogens with zero attached hydrogens (tertiary/aromatic N) is 2. The van der Waals surface area contributed by atoms with E-state index in [4.69, 9.17) is 16.3 Å². The second kappa shape index (κ2) is 7.11. The van der Waals surface area contributed by atoms with Gasteiger partial charge in [-0.05, 0) is 31.2 Å². The summed E-state index contributed by atoms with van der Waals surface area (Å²) in [5, 5.41) is 10.0. The van der Waals surface area contributed by atoms with E-state index in [1.165, 1.54) is 0 Å². The maximum Gasteiger partial charge on any atom is 0.321 e. The normalized spacial score (nSPS) is 18.4. The highest BCUT2D eigenvalue weighted by Crippen LogP contribution is 2.26. The number of halogens is 1. The van der Waals surface area contributed by atoms with Gasteiger partial charge in [0.15, 0.2) is 0 Å². The highest BCUT2D eigenvalue weighted by molar-refractivity contribution is 6.32. The number of aliphatic carboxylic acids is 1. The van der Waals surface area contributed by atoms with Crippen molar-refractivity contribution in [1.29, 1.82) is 0 Å². The monoisotopic (exact) mass is 312 g/mol. The molecule has 1 aromatic rings. The van der Waals surface area contributed by atoms with Crippen LogP contribution in [0.1, 0.15) is 5.56 Å². The molecule has 0 bridgehead atoms. The Morgan fingerprint density at radius 1 is 1.38 bits per heavy atom. The van der Waals surface area contributed by atoms with Crippen LogP contribution < -0.4 is 4.74 Å². The van der Waals surface area contributed by atoms with E-state index in [2.05, 4.69) is 11.9 Å². The van der Waals surface area contributed by atoms with Gasteiger partial charge in [0.2, 0.25) is 0 Å². The van der Waals surface area contributed by atoms with Crippen LogP contribution in [-0.4, -0.2) is 67.3 Å². The maximum absolute atomic E-state index is 11.6. The summed E-state index contributed by atoms with van der Waals surface area (Å²) in [6.07, 6.45) is 0.447. The van der Waals surface area contributed by atoms with Crippen LogP contribution in [0.15, 0.2) is 18.2 Å². The minimum Gasteiger partial charge on any atom is -0.495 e. The fraction of sp³-hybridized carbons (Fsp3) is 0.533. The van der Waals surface area contributed by atoms with E-state index in [-0.39, 0.29) is 0 Å². The molecule has 116 valence electrons. The van der Waals surface area contributed by atoms with Crippen molar-refractivity contribution >= 4 is 17.6 Å².